The number of H-pyrrole nitrogens is 2. The second-order valence-electron chi connectivity index (χ2n) is 14.1. The van der Waals surface area contributed by atoms with E-state index in [1.807, 2.05) is 12.4 Å². The minimum Gasteiger partial charge on any atom is -0.349 e. The Morgan fingerprint density at radius 1 is 0.761 bits per heavy atom. The summed E-state index contributed by atoms with van der Waals surface area (Å²) in [6, 6.07) is 8.49. The van der Waals surface area contributed by atoms with Crippen LogP contribution in [-0.4, -0.2) is 111 Å². The van der Waals surface area contributed by atoms with E-state index in [0.717, 1.165) is 81.8 Å². The molecule has 2 aromatic heterocycles. The number of carbonyl (C=O) groups excluding carboxylic acids is 1. The number of hydrogen-bond acceptors (Lipinski definition) is 6. The first-order valence-electron chi connectivity index (χ1n) is 18.0. The zero-order valence-electron chi connectivity index (χ0n) is 28.5. The van der Waals surface area contributed by atoms with E-state index < -0.39 is 0 Å². The van der Waals surface area contributed by atoms with Gasteiger partial charge in [-0.3, -0.25) is 9.69 Å². The number of imidazole rings is 2. The van der Waals surface area contributed by atoms with Gasteiger partial charge in [0.2, 0.25) is 0 Å². The molecule has 252 valence electrons. The standard InChI is InChI=1S/C37H58N8O/c1-31(2)28-43-20-4-3-5-21-44(23-9-8-22-43)29-32-10-12-34(13-11-32)37(46)45(25-24-42-18-6-7-19-42)30-33(26-35-38-14-15-39-35)27-36-40-16-17-41-36/h10-17,31,33H,3-9,18-30H2,1-2H3,(H,38,39)(H,40,41). The predicted molar refractivity (Wildman–Crippen MR) is 186 cm³/mol. The summed E-state index contributed by atoms with van der Waals surface area (Å²) in [6.45, 7) is 16.2. The minimum absolute atomic E-state index is 0.121. The van der Waals surface area contributed by atoms with Crippen LogP contribution in [0.1, 0.15) is 86.4 Å². The maximum Gasteiger partial charge on any atom is 0.253 e. The summed E-state index contributed by atoms with van der Waals surface area (Å²) < 4.78 is 0. The van der Waals surface area contributed by atoms with Gasteiger partial charge in [-0.2, -0.15) is 0 Å². The van der Waals surface area contributed by atoms with Gasteiger partial charge in [-0.15, -0.1) is 0 Å². The lowest BCUT2D eigenvalue weighted by Crippen LogP contribution is -2.41. The van der Waals surface area contributed by atoms with Crippen molar-refractivity contribution in [3.05, 3.63) is 71.8 Å². The highest BCUT2D eigenvalue weighted by atomic mass is 16.2. The Bertz CT molecular complexity index is 1200. The summed E-state index contributed by atoms with van der Waals surface area (Å²) in [5, 5.41) is 0. The highest BCUT2D eigenvalue weighted by Crippen LogP contribution is 2.18. The molecule has 2 saturated heterocycles. The molecule has 3 aromatic rings. The number of aromatic nitrogens is 4. The molecular formula is C37H58N8O. The molecule has 9 heteroatoms. The number of hydrogen-bond donors (Lipinski definition) is 2. The second-order valence-corrected chi connectivity index (χ2v) is 14.1. The van der Waals surface area contributed by atoms with E-state index in [1.54, 1.807) is 12.4 Å². The van der Waals surface area contributed by atoms with Crippen LogP contribution in [0.2, 0.25) is 0 Å². The molecule has 9 nitrogen and oxygen atoms in total. The van der Waals surface area contributed by atoms with Crippen LogP contribution in [0.5, 0.6) is 0 Å². The van der Waals surface area contributed by atoms with Crippen LogP contribution < -0.4 is 0 Å². The number of aromatic amines is 2. The van der Waals surface area contributed by atoms with E-state index in [4.69, 9.17) is 0 Å². The molecule has 2 fully saturated rings. The van der Waals surface area contributed by atoms with Gasteiger partial charge in [0.15, 0.2) is 0 Å². The molecule has 2 N–H and O–H groups in total. The molecule has 2 aliphatic rings. The van der Waals surface area contributed by atoms with Crippen LogP contribution in [-0.2, 0) is 19.4 Å². The SMILES string of the molecule is CC(C)CN1CCCCCN(Cc2ccc(C(=O)N(CCN3CCCC3)CC(Cc3ncc[nH]3)Cc3ncc[nH]3)cc2)CCCC1. The molecule has 0 saturated carbocycles. The van der Waals surface area contributed by atoms with Gasteiger partial charge in [0.1, 0.15) is 11.6 Å². The predicted octanol–water partition coefficient (Wildman–Crippen LogP) is 5.50. The van der Waals surface area contributed by atoms with Gasteiger partial charge in [0.25, 0.3) is 5.91 Å². The zero-order chi connectivity index (χ0) is 32.0. The molecule has 5 rings (SSSR count). The summed E-state index contributed by atoms with van der Waals surface area (Å²) in [6.07, 6.45) is 17.8. The van der Waals surface area contributed by atoms with E-state index in [0.29, 0.717) is 6.54 Å². The Kier molecular flexibility index (Phi) is 13.7. The van der Waals surface area contributed by atoms with Crippen molar-refractivity contribution in [3.8, 4) is 0 Å². The number of nitrogens with zero attached hydrogens (tertiary/aromatic N) is 6. The number of amides is 1. The van der Waals surface area contributed by atoms with Crippen LogP contribution >= 0.6 is 0 Å². The third-order valence-electron chi connectivity index (χ3n) is 9.60. The average Bonchev–Trinajstić information content (AvgIpc) is 3.85. The minimum atomic E-state index is 0.121. The van der Waals surface area contributed by atoms with Gasteiger partial charge in [-0.1, -0.05) is 32.4 Å². The van der Waals surface area contributed by atoms with Gasteiger partial charge in [0.05, 0.1) is 0 Å². The van der Waals surface area contributed by atoms with Crippen LogP contribution in [0.3, 0.4) is 0 Å². The lowest BCUT2D eigenvalue weighted by atomic mass is 9.99. The summed E-state index contributed by atoms with van der Waals surface area (Å²) in [7, 11) is 0. The van der Waals surface area contributed by atoms with E-state index in [2.05, 4.69) is 77.6 Å². The highest BCUT2D eigenvalue weighted by molar-refractivity contribution is 5.94. The number of likely N-dealkylation sites (tertiary alicyclic amines) is 1. The van der Waals surface area contributed by atoms with E-state index >= 15 is 0 Å². The fourth-order valence-electron chi connectivity index (χ4n) is 7.22. The largest absolute Gasteiger partial charge is 0.349 e. The summed E-state index contributed by atoms with van der Waals surface area (Å²) in [5.74, 6) is 2.95. The number of rotatable bonds is 14. The maximum atomic E-state index is 14.1. The Labute approximate surface area is 277 Å². The number of nitrogens with one attached hydrogen (secondary N) is 2. The zero-order valence-corrected chi connectivity index (χ0v) is 28.5. The molecule has 0 atom stereocenters. The second kappa shape index (κ2) is 18.4. The highest BCUT2D eigenvalue weighted by Gasteiger charge is 2.24. The first-order chi connectivity index (χ1) is 22.5. The van der Waals surface area contributed by atoms with Crippen LogP contribution in [0.4, 0.5) is 0 Å². The molecule has 1 amide bonds. The van der Waals surface area contributed by atoms with Crippen molar-refractivity contribution in [1.29, 1.82) is 0 Å². The van der Waals surface area contributed by atoms with Crippen molar-refractivity contribution in [1.82, 2.24) is 39.5 Å². The third kappa shape index (κ3) is 11.4. The number of carbonyl (C=O) groups is 1. The van der Waals surface area contributed by atoms with E-state index in [-0.39, 0.29) is 11.8 Å². The molecule has 46 heavy (non-hydrogen) atoms. The monoisotopic (exact) mass is 630 g/mol. The van der Waals surface area contributed by atoms with Crippen molar-refractivity contribution >= 4 is 5.91 Å². The first kappa shape index (κ1) is 34.3. The topological polar surface area (TPSA) is 87.4 Å². The molecule has 2 aliphatic heterocycles. The average molecular weight is 631 g/mol. The molecular weight excluding hydrogens is 572 g/mol. The van der Waals surface area contributed by atoms with Gasteiger partial charge < -0.3 is 24.7 Å². The van der Waals surface area contributed by atoms with Crippen molar-refractivity contribution in [3.63, 3.8) is 0 Å². The van der Waals surface area contributed by atoms with Crippen molar-refractivity contribution in [2.75, 3.05) is 65.4 Å². The molecule has 4 heterocycles. The number of benzene rings is 1. The molecule has 0 bridgehead atoms. The Balaban J connectivity index is 1.22. The van der Waals surface area contributed by atoms with E-state index in [9.17, 15) is 4.79 Å². The normalized spacial score (nSPS) is 17.9. The van der Waals surface area contributed by atoms with Crippen LogP contribution in [0.25, 0.3) is 0 Å². The third-order valence-corrected chi connectivity index (χ3v) is 9.60. The summed E-state index contributed by atoms with van der Waals surface area (Å²) in [4.78, 5) is 39.5. The summed E-state index contributed by atoms with van der Waals surface area (Å²) in [5.41, 5.74) is 2.08. The van der Waals surface area contributed by atoms with Crippen LogP contribution in [0, 0.1) is 11.8 Å². The van der Waals surface area contributed by atoms with Crippen molar-refractivity contribution < 1.29 is 4.79 Å². The first-order valence-corrected chi connectivity index (χ1v) is 18.0. The maximum absolute atomic E-state index is 14.1. The fraction of sp³-hybridized carbons (Fsp3) is 0.649. The summed E-state index contributed by atoms with van der Waals surface area (Å²) >= 11 is 0. The Hall–Kier alpha value is -3.01. The van der Waals surface area contributed by atoms with Gasteiger partial charge in [-0.25, -0.2) is 9.97 Å². The molecule has 0 radical (unpaired) electrons. The smallest absolute Gasteiger partial charge is 0.253 e. The van der Waals surface area contributed by atoms with Gasteiger partial charge in [-0.05, 0) is 107 Å². The quantitative estimate of drug-likeness (QED) is 0.245. The van der Waals surface area contributed by atoms with E-state index in [1.165, 1.54) is 70.1 Å². The molecule has 1 aromatic carbocycles. The van der Waals surface area contributed by atoms with Crippen molar-refractivity contribution in [2.24, 2.45) is 11.8 Å². The van der Waals surface area contributed by atoms with Gasteiger partial charge in [0, 0.05) is 75.9 Å². The molecule has 0 aliphatic carbocycles. The lowest BCUT2D eigenvalue weighted by Gasteiger charge is -2.29. The molecule has 0 unspecified atom stereocenters. The van der Waals surface area contributed by atoms with Gasteiger partial charge >= 0.3 is 0 Å². The Morgan fingerprint density at radius 2 is 1.30 bits per heavy atom. The molecule has 0 spiro atoms. The Morgan fingerprint density at radius 3 is 1.85 bits per heavy atom. The lowest BCUT2D eigenvalue weighted by molar-refractivity contribution is 0.0708. The van der Waals surface area contributed by atoms with Crippen LogP contribution in [0.15, 0.2) is 49.1 Å². The van der Waals surface area contributed by atoms with Crippen molar-refractivity contribution in [2.45, 2.75) is 78.2 Å². The fourth-order valence-corrected chi connectivity index (χ4v) is 7.22.